The zero-order valence-corrected chi connectivity index (χ0v) is 17.0. The normalized spacial score (nSPS) is 16.8. The minimum absolute atomic E-state index is 0.0592. The van der Waals surface area contributed by atoms with E-state index in [1.165, 1.54) is 31.2 Å². The fourth-order valence-electron chi connectivity index (χ4n) is 3.54. The fraction of sp³-hybridized carbons (Fsp3) is 0.227. The molecule has 1 aliphatic rings. The second-order valence-corrected chi connectivity index (χ2v) is 6.99. The van der Waals surface area contributed by atoms with Crippen LogP contribution < -0.4 is 10.2 Å². The van der Waals surface area contributed by atoms with Crippen molar-refractivity contribution in [3.05, 3.63) is 71.2 Å². The Morgan fingerprint density at radius 2 is 1.72 bits per heavy atom. The Kier molecular flexibility index (Phi) is 6.33. The zero-order valence-electron chi connectivity index (χ0n) is 17.0. The summed E-state index contributed by atoms with van der Waals surface area (Å²) >= 11 is 0. The fourth-order valence-corrected chi connectivity index (χ4v) is 3.54. The van der Waals surface area contributed by atoms with Crippen LogP contribution in [-0.2, 0) is 25.3 Å². The molecule has 0 aromatic heterocycles. The minimum Gasteiger partial charge on any atom is -0.466 e. The average molecular weight is 450 g/mol. The summed E-state index contributed by atoms with van der Waals surface area (Å²) in [4.78, 5) is 39.4. The third-order valence-corrected chi connectivity index (χ3v) is 5.00. The number of esters is 1. The highest BCUT2D eigenvalue weighted by molar-refractivity contribution is 6.10. The summed E-state index contributed by atoms with van der Waals surface area (Å²) in [5.74, 6) is -4.38. The second kappa shape index (κ2) is 8.81. The molecule has 2 amide bonds. The predicted octanol–water partition coefficient (Wildman–Crippen LogP) is 4.28. The van der Waals surface area contributed by atoms with Crippen molar-refractivity contribution in [1.82, 2.24) is 0 Å². The van der Waals surface area contributed by atoms with E-state index in [2.05, 4.69) is 5.32 Å². The van der Waals surface area contributed by atoms with Gasteiger partial charge in [-0.15, -0.1) is 0 Å². The average Bonchev–Trinajstić information content (AvgIpc) is 2.73. The predicted molar refractivity (Wildman–Crippen MR) is 107 cm³/mol. The van der Waals surface area contributed by atoms with Crippen molar-refractivity contribution in [3.8, 4) is 0 Å². The number of carbonyl (C=O) groups excluding carboxylic acids is 3. The maximum Gasteiger partial charge on any atom is 0.418 e. The molecule has 0 spiro atoms. The first kappa shape index (κ1) is 23.0. The van der Waals surface area contributed by atoms with Gasteiger partial charge >= 0.3 is 12.1 Å². The van der Waals surface area contributed by atoms with Crippen LogP contribution in [0.4, 0.5) is 28.9 Å². The highest BCUT2D eigenvalue weighted by Crippen LogP contribution is 2.37. The van der Waals surface area contributed by atoms with Gasteiger partial charge in [0.1, 0.15) is 5.82 Å². The number of nitrogens with one attached hydrogen (secondary N) is 1. The molecular formula is C22H18F4N2O4. The monoisotopic (exact) mass is 450 g/mol. The first-order chi connectivity index (χ1) is 15.0. The molecule has 32 heavy (non-hydrogen) atoms. The number of methoxy groups -OCH3 is 1. The van der Waals surface area contributed by atoms with Crippen LogP contribution in [0.5, 0.6) is 0 Å². The molecule has 1 atom stereocenters. The topological polar surface area (TPSA) is 75.7 Å². The molecule has 0 saturated carbocycles. The van der Waals surface area contributed by atoms with E-state index in [0.717, 1.165) is 36.3 Å². The minimum atomic E-state index is -4.72. The molecule has 1 aliphatic heterocycles. The first-order valence-corrected chi connectivity index (χ1v) is 9.39. The molecule has 2 aromatic rings. The first-order valence-electron chi connectivity index (χ1n) is 9.39. The number of benzene rings is 2. The third kappa shape index (κ3) is 4.48. The van der Waals surface area contributed by atoms with Crippen molar-refractivity contribution < 1.29 is 36.7 Å². The molecule has 0 aliphatic carbocycles. The Morgan fingerprint density at radius 1 is 1.09 bits per heavy atom. The third-order valence-electron chi connectivity index (χ3n) is 5.00. The number of carbonyl (C=O) groups is 3. The number of allylic oxidation sites excluding steroid dienone is 1. The Labute approximate surface area is 180 Å². The highest BCUT2D eigenvalue weighted by Gasteiger charge is 2.41. The van der Waals surface area contributed by atoms with Gasteiger partial charge < -0.3 is 10.1 Å². The lowest BCUT2D eigenvalue weighted by atomic mass is 9.88. The number of ether oxygens (including phenoxy) is 1. The van der Waals surface area contributed by atoms with Crippen molar-refractivity contribution in [2.24, 2.45) is 5.92 Å². The van der Waals surface area contributed by atoms with Crippen molar-refractivity contribution in [3.63, 3.8) is 0 Å². The molecule has 2 aromatic carbocycles. The van der Waals surface area contributed by atoms with E-state index in [1.807, 2.05) is 0 Å². The lowest BCUT2D eigenvalue weighted by Crippen LogP contribution is -2.43. The molecule has 1 N–H and O–H groups in total. The summed E-state index contributed by atoms with van der Waals surface area (Å²) in [7, 11) is 1.08. The van der Waals surface area contributed by atoms with E-state index < -0.39 is 53.4 Å². The van der Waals surface area contributed by atoms with Gasteiger partial charge in [-0.3, -0.25) is 14.5 Å². The van der Waals surface area contributed by atoms with Crippen LogP contribution in [-0.4, -0.2) is 24.9 Å². The Morgan fingerprint density at radius 3 is 2.31 bits per heavy atom. The molecule has 0 saturated heterocycles. The summed E-state index contributed by atoms with van der Waals surface area (Å²) in [6, 6.07) is 9.27. The quantitative estimate of drug-likeness (QED) is 0.557. The van der Waals surface area contributed by atoms with Gasteiger partial charge in [0.05, 0.1) is 29.9 Å². The summed E-state index contributed by atoms with van der Waals surface area (Å²) in [5.41, 5.74) is -1.43. The van der Waals surface area contributed by atoms with Crippen molar-refractivity contribution >= 4 is 29.2 Å². The van der Waals surface area contributed by atoms with E-state index in [9.17, 15) is 31.9 Å². The van der Waals surface area contributed by atoms with Crippen LogP contribution in [0.25, 0.3) is 0 Å². The lowest BCUT2D eigenvalue weighted by Gasteiger charge is -2.33. The van der Waals surface area contributed by atoms with E-state index in [-0.39, 0.29) is 17.0 Å². The molecule has 3 rings (SSSR count). The van der Waals surface area contributed by atoms with Gasteiger partial charge in [-0.25, -0.2) is 9.18 Å². The number of amides is 2. The second-order valence-electron chi connectivity index (χ2n) is 6.99. The number of hydrogen-bond donors (Lipinski definition) is 1. The number of nitrogens with zero attached hydrogens (tertiary/aromatic N) is 1. The van der Waals surface area contributed by atoms with Crippen LogP contribution in [0.3, 0.4) is 0 Å². The molecular weight excluding hydrogens is 432 g/mol. The van der Waals surface area contributed by atoms with Crippen molar-refractivity contribution in [1.29, 1.82) is 0 Å². The van der Waals surface area contributed by atoms with Crippen LogP contribution in [0, 0.1) is 11.7 Å². The van der Waals surface area contributed by atoms with Gasteiger partial charge in [0.2, 0.25) is 11.8 Å². The molecule has 0 fully saturated rings. The van der Waals surface area contributed by atoms with Crippen molar-refractivity contribution in [2.75, 3.05) is 17.3 Å². The van der Waals surface area contributed by atoms with Gasteiger partial charge in [0.15, 0.2) is 0 Å². The van der Waals surface area contributed by atoms with E-state index in [4.69, 9.17) is 4.74 Å². The number of halogens is 4. The largest absolute Gasteiger partial charge is 0.466 e. The number of anilines is 2. The van der Waals surface area contributed by atoms with Gasteiger partial charge in [-0.2, -0.15) is 13.2 Å². The van der Waals surface area contributed by atoms with Crippen LogP contribution in [0.1, 0.15) is 18.9 Å². The van der Waals surface area contributed by atoms with Gasteiger partial charge in [0.25, 0.3) is 0 Å². The lowest BCUT2D eigenvalue weighted by molar-refractivity contribution is -0.139. The molecule has 6 nitrogen and oxygen atoms in total. The highest BCUT2D eigenvalue weighted by atomic mass is 19.4. The van der Waals surface area contributed by atoms with Crippen LogP contribution >= 0.6 is 0 Å². The Bertz CT molecular complexity index is 1090. The molecule has 0 bridgehead atoms. The summed E-state index contributed by atoms with van der Waals surface area (Å²) in [6.45, 7) is 1.40. The van der Waals surface area contributed by atoms with E-state index in [1.54, 1.807) is 0 Å². The molecule has 1 unspecified atom stereocenters. The van der Waals surface area contributed by atoms with E-state index in [0.29, 0.717) is 0 Å². The van der Waals surface area contributed by atoms with Gasteiger partial charge in [-0.05, 0) is 43.3 Å². The maximum atomic E-state index is 13.3. The number of para-hydroxylation sites is 1. The van der Waals surface area contributed by atoms with Crippen LogP contribution in [0.15, 0.2) is 59.8 Å². The number of alkyl halides is 3. The van der Waals surface area contributed by atoms with Crippen LogP contribution in [0.2, 0.25) is 0 Å². The number of rotatable bonds is 4. The Hall–Kier alpha value is -3.69. The molecule has 10 heteroatoms. The zero-order chi connectivity index (χ0) is 23.6. The molecule has 0 radical (unpaired) electrons. The van der Waals surface area contributed by atoms with Gasteiger partial charge in [-0.1, -0.05) is 12.1 Å². The summed E-state index contributed by atoms with van der Waals surface area (Å²) in [5, 5.41) is 2.18. The SMILES string of the molecule is COC(=O)C1=C(C)N(c2ccc(F)cc2)C(=O)CC1C(=O)Nc1ccccc1C(F)(F)F. The number of hydrogen-bond acceptors (Lipinski definition) is 4. The summed E-state index contributed by atoms with van der Waals surface area (Å²) in [6.07, 6.45) is -5.22. The summed E-state index contributed by atoms with van der Waals surface area (Å²) < 4.78 is 57.8. The van der Waals surface area contributed by atoms with Crippen molar-refractivity contribution in [2.45, 2.75) is 19.5 Å². The molecule has 168 valence electrons. The standard InChI is InChI=1S/C22H18F4N2O4/c1-12-19(21(31)32-2)15(11-18(29)28(12)14-9-7-13(23)8-10-14)20(30)27-17-6-4-3-5-16(17)22(24,25)26/h3-10,15H,11H2,1-2H3,(H,27,30). The maximum absolute atomic E-state index is 13.3. The van der Waals surface area contributed by atoms with E-state index >= 15 is 0 Å². The van der Waals surface area contributed by atoms with Gasteiger partial charge in [0, 0.05) is 17.8 Å². The smallest absolute Gasteiger partial charge is 0.418 e. The Balaban J connectivity index is 2.01. The molecule has 1 heterocycles.